The molecule has 0 spiro atoms. The van der Waals surface area contributed by atoms with Crippen LogP contribution in [0.2, 0.25) is 0 Å². The van der Waals surface area contributed by atoms with Gasteiger partial charge in [-0.15, -0.1) is 0 Å². The number of hydrogen-bond acceptors (Lipinski definition) is 2. The normalized spacial score (nSPS) is 49.4. The number of allylic oxidation sites excluding steroid dienone is 1. The summed E-state index contributed by atoms with van der Waals surface area (Å²) >= 11 is 0. The fourth-order valence-corrected chi connectivity index (χ4v) is 7.94. The third-order valence-corrected chi connectivity index (χ3v) is 9.53. The van der Waals surface area contributed by atoms with Crippen molar-refractivity contribution in [2.24, 2.45) is 28.6 Å². The molecular weight excluding hydrogens is 306 g/mol. The van der Waals surface area contributed by atoms with Gasteiger partial charge in [0.2, 0.25) is 0 Å². The molecule has 0 saturated heterocycles. The lowest BCUT2D eigenvalue weighted by Crippen LogP contribution is -2.53. The van der Waals surface area contributed by atoms with Crippen LogP contribution in [0.15, 0.2) is 11.6 Å². The lowest BCUT2D eigenvalue weighted by Gasteiger charge is -2.58. The zero-order valence-corrected chi connectivity index (χ0v) is 16.4. The van der Waals surface area contributed by atoms with E-state index in [1.807, 2.05) is 6.08 Å². The molecule has 0 heterocycles. The fraction of sp³-hybridized carbons (Fsp3) is 0.870. The van der Waals surface area contributed by atoms with E-state index in [4.69, 9.17) is 0 Å². The van der Waals surface area contributed by atoms with Crippen LogP contribution in [0.3, 0.4) is 0 Å². The van der Waals surface area contributed by atoms with Crippen molar-refractivity contribution in [3.05, 3.63) is 11.6 Å². The lowest BCUT2D eigenvalue weighted by molar-refractivity contribution is -0.117. The fourth-order valence-electron chi connectivity index (χ4n) is 7.94. The van der Waals surface area contributed by atoms with Gasteiger partial charge < -0.3 is 0 Å². The van der Waals surface area contributed by atoms with E-state index in [2.05, 4.69) is 25.8 Å². The van der Waals surface area contributed by atoms with Gasteiger partial charge in [-0.3, -0.25) is 9.69 Å². The van der Waals surface area contributed by atoms with Crippen molar-refractivity contribution in [3.63, 3.8) is 0 Å². The smallest absolute Gasteiger partial charge is 0.155 e. The first-order valence-electron chi connectivity index (χ1n) is 10.9. The molecule has 0 aromatic heterocycles. The Kier molecular flexibility index (Phi) is 3.60. The molecule has 5 aliphatic rings. The molecule has 6 atom stereocenters. The minimum Gasteiger partial charge on any atom is -0.300 e. The summed E-state index contributed by atoms with van der Waals surface area (Å²) in [6.07, 6.45) is 15.0. The highest BCUT2D eigenvalue weighted by atomic mass is 16.1. The topological polar surface area (TPSA) is 20.3 Å². The summed E-state index contributed by atoms with van der Waals surface area (Å²) in [5, 5.41) is 0. The van der Waals surface area contributed by atoms with E-state index in [1.165, 1.54) is 56.9 Å². The van der Waals surface area contributed by atoms with Crippen LogP contribution in [0.1, 0.15) is 78.1 Å². The van der Waals surface area contributed by atoms with Crippen LogP contribution in [-0.2, 0) is 4.79 Å². The van der Waals surface area contributed by atoms with Crippen LogP contribution in [-0.4, -0.2) is 29.8 Å². The van der Waals surface area contributed by atoms with E-state index in [0.29, 0.717) is 16.6 Å². The standard InChI is InChI=1S/C23H35NO/c1-22-12-10-17(25)14-15(22)4-7-18-19-8-9-21(24(3)16-5-6-16)23(19,2)13-11-20(18)22/h14,16,18-21H,4-13H2,1-3H3/t18-,19-,20-,21-,22-,23-/m0/s1. The molecule has 0 bridgehead atoms. The zero-order chi connectivity index (χ0) is 17.4. The van der Waals surface area contributed by atoms with E-state index >= 15 is 0 Å². The van der Waals surface area contributed by atoms with Gasteiger partial charge in [-0.2, -0.15) is 0 Å². The monoisotopic (exact) mass is 341 g/mol. The predicted molar refractivity (Wildman–Crippen MR) is 101 cm³/mol. The molecule has 4 saturated carbocycles. The van der Waals surface area contributed by atoms with Crippen molar-refractivity contribution in [2.75, 3.05) is 7.05 Å². The first-order valence-corrected chi connectivity index (χ1v) is 10.9. The van der Waals surface area contributed by atoms with Crippen molar-refractivity contribution in [3.8, 4) is 0 Å². The molecule has 0 amide bonds. The molecule has 0 aliphatic heterocycles. The molecule has 0 aromatic rings. The maximum absolute atomic E-state index is 12.0. The third kappa shape index (κ3) is 2.28. The molecule has 0 aromatic carbocycles. The second kappa shape index (κ2) is 5.44. The average Bonchev–Trinajstić information content (AvgIpc) is 3.37. The molecule has 4 fully saturated rings. The molecule has 2 nitrogen and oxygen atoms in total. The SMILES string of the molecule is CN(C1CC1)[C@H]1CC[C@H]2[C@@H]3CCC4=CC(=O)CC[C@]4(C)[C@H]3CC[C@]12C. The summed E-state index contributed by atoms with van der Waals surface area (Å²) in [4.78, 5) is 14.7. The zero-order valence-electron chi connectivity index (χ0n) is 16.4. The van der Waals surface area contributed by atoms with Gasteiger partial charge in [0.25, 0.3) is 0 Å². The first-order chi connectivity index (χ1) is 11.9. The Morgan fingerprint density at radius 1 is 0.960 bits per heavy atom. The van der Waals surface area contributed by atoms with Gasteiger partial charge in [-0.05, 0) is 99.5 Å². The highest BCUT2D eigenvalue weighted by molar-refractivity contribution is 5.91. The quantitative estimate of drug-likeness (QED) is 0.706. The highest BCUT2D eigenvalue weighted by Crippen LogP contribution is 2.66. The van der Waals surface area contributed by atoms with Crippen LogP contribution in [0.4, 0.5) is 0 Å². The molecule has 2 heteroatoms. The number of hydrogen-bond donors (Lipinski definition) is 0. The molecule has 5 rings (SSSR count). The van der Waals surface area contributed by atoms with Crippen molar-refractivity contribution < 1.29 is 4.79 Å². The molecule has 0 unspecified atom stereocenters. The number of carbonyl (C=O) groups is 1. The summed E-state index contributed by atoms with van der Waals surface area (Å²) in [6.45, 7) is 5.15. The summed E-state index contributed by atoms with van der Waals surface area (Å²) < 4.78 is 0. The van der Waals surface area contributed by atoms with Gasteiger partial charge in [0.1, 0.15) is 0 Å². The van der Waals surface area contributed by atoms with Gasteiger partial charge in [0, 0.05) is 18.5 Å². The second-order valence-electron chi connectivity index (χ2n) is 10.5. The highest BCUT2D eigenvalue weighted by Gasteiger charge is 2.60. The number of rotatable bonds is 2. The Bertz CT molecular complexity index is 620. The Morgan fingerprint density at radius 3 is 2.52 bits per heavy atom. The number of carbonyl (C=O) groups excluding carboxylic acids is 1. The van der Waals surface area contributed by atoms with Crippen molar-refractivity contribution in [2.45, 2.75) is 90.1 Å². The van der Waals surface area contributed by atoms with Gasteiger partial charge >= 0.3 is 0 Å². The molecule has 0 radical (unpaired) electrons. The van der Waals surface area contributed by atoms with E-state index in [9.17, 15) is 4.79 Å². The van der Waals surface area contributed by atoms with Gasteiger partial charge in [0.05, 0.1) is 0 Å². The van der Waals surface area contributed by atoms with Gasteiger partial charge in [-0.1, -0.05) is 19.4 Å². The van der Waals surface area contributed by atoms with E-state index in [-0.39, 0.29) is 0 Å². The summed E-state index contributed by atoms with van der Waals surface area (Å²) in [7, 11) is 2.41. The van der Waals surface area contributed by atoms with Crippen LogP contribution in [0.5, 0.6) is 0 Å². The van der Waals surface area contributed by atoms with Crippen molar-refractivity contribution in [1.82, 2.24) is 4.90 Å². The first kappa shape index (κ1) is 16.5. The van der Waals surface area contributed by atoms with E-state index in [0.717, 1.165) is 42.7 Å². The van der Waals surface area contributed by atoms with Crippen LogP contribution in [0, 0.1) is 28.6 Å². The maximum atomic E-state index is 12.0. The maximum Gasteiger partial charge on any atom is 0.155 e. The minimum atomic E-state index is 0.332. The Balaban J connectivity index is 1.43. The molecular formula is C23H35NO. The number of ketones is 1. The van der Waals surface area contributed by atoms with Crippen molar-refractivity contribution >= 4 is 5.78 Å². The van der Waals surface area contributed by atoms with E-state index < -0.39 is 0 Å². The van der Waals surface area contributed by atoms with Crippen LogP contribution >= 0.6 is 0 Å². The predicted octanol–water partition coefficient (Wildman–Crippen LogP) is 4.98. The minimum absolute atomic E-state index is 0.332. The third-order valence-electron chi connectivity index (χ3n) is 9.53. The molecule has 5 aliphatic carbocycles. The van der Waals surface area contributed by atoms with E-state index in [1.54, 1.807) is 0 Å². The van der Waals surface area contributed by atoms with Crippen molar-refractivity contribution in [1.29, 1.82) is 0 Å². The summed E-state index contributed by atoms with van der Waals surface area (Å²) in [6, 6.07) is 1.71. The molecule has 25 heavy (non-hydrogen) atoms. The Morgan fingerprint density at radius 2 is 1.76 bits per heavy atom. The second-order valence-corrected chi connectivity index (χ2v) is 10.5. The number of nitrogens with zero attached hydrogens (tertiary/aromatic N) is 1. The summed E-state index contributed by atoms with van der Waals surface area (Å²) in [5.41, 5.74) is 2.39. The average molecular weight is 342 g/mol. The van der Waals surface area contributed by atoms with Crippen LogP contribution < -0.4 is 0 Å². The Labute approximate surface area is 153 Å². The van der Waals surface area contributed by atoms with Gasteiger partial charge in [-0.25, -0.2) is 0 Å². The van der Waals surface area contributed by atoms with Gasteiger partial charge in [0.15, 0.2) is 5.78 Å². The number of fused-ring (bicyclic) bond motifs is 5. The largest absolute Gasteiger partial charge is 0.300 e. The van der Waals surface area contributed by atoms with Crippen LogP contribution in [0.25, 0.3) is 0 Å². The Hall–Kier alpha value is -0.630. The molecule has 0 N–H and O–H groups in total. The molecule has 138 valence electrons. The summed E-state index contributed by atoms with van der Waals surface area (Å²) in [5.74, 6) is 3.06. The lowest BCUT2D eigenvalue weighted by atomic mass is 9.47.